The van der Waals surface area contributed by atoms with E-state index < -0.39 is 0 Å². The number of aryl methyl sites for hydroxylation is 1. The van der Waals surface area contributed by atoms with Gasteiger partial charge >= 0.3 is 6.03 Å². The van der Waals surface area contributed by atoms with Crippen LogP contribution in [0.2, 0.25) is 0 Å². The molecular weight excluding hydrogens is 306 g/mol. The number of carbonyl (C=O) groups excluding carboxylic acids is 1. The second-order valence-corrected chi connectivity index (χ2v) is 5.62. The standard InChI is InChI=1S/C18H17N3O3/c1-12-3-4-13(9-19)7-15(12)20-18(22)21(2)10-14-5-6-16-17(8-14)24-11-23-16/h3-8H,10-11H2,1-2H3,(H,20,22). The van der Waals surface area contributed by atoms with Gasteiger partial charge in [0.2, 0.25) is 6.79 Å². The zero-order valence-corrected chi connectivity index (χ0v) is 13.5. The Morgan fingerprint density at radius 1 is 1.25 bits per heavy atom. The largest absolute Gasteiger partial charge is 0.454 e. The Morgan fingerprint density at radius 3 is 2.83 bits per heavy atom. The first-order valence-corrected chi connectivity index (χ1v) is 7.48. The second kappa shape index (κ2) is 6.50. The average Bonchev–Trinajstić information content (AvgIpc) is 3.04. The second-order valence-electron chi connectivity index (χ2n) is 5.62. The van der Waals surface area contributed by atoms with Crippen LogP contribution in [0.15, 0.2) is 36.4 Å². The summed E-state index contributed by atoms with van der Waals surface area (Å²) in [5.74, 6) is 1.41. The number of amides is 2. The van der Waals surface area contributed by atoms with Gasteiger partial charge in [0.05, 0.1) is 11.6 Å². The van der Waals surface area contributed by atoms with Crippen molar-refractivity contribution in [1.29, 1.82) is 5.26 Å². The molecule has 122 valence electrons. The maximum Gasteiger partial charge on any atom is 0.321 e. The van der Waals surface area contributed by atoms with Crippen molar-refractivity contribution in [2.75, 3.05) is 19.2 Å². The molecule has 2 aromatic rings. The van der Waals surface area contributed by atoms with Crippen LogP contribution < -0.4 is 14.8 Å². The number of fused-ring (bicyclic) bond motifs is 1. The Balaban J connectivity index is 1.68. The molecule has 24 heavy (non-hydrogen) atoms. The molecule has 0 unspecified atom stereocenters. The highest BCUT2D eigenvalue weighted by Gasteiger charge is 2.16. The molecule has 1 aliphatic rings. The highest BCUT2D eigenvalue weighted by molar-refractivity contribution is 5.90. The lowest BCUT2D eigenvalue weighted by Crippen LogP contribution is -2.31. The summed E-state index contributed by atoms with van der Waals surface area (Å²) in [7, 11) is 1.71. The number of hydrogen-bond acceptors (Lipinski definition) is 4. The van der Waals surface area contributed by atoms with Crippen molar-refractivity contribution in [3.8, 4) is 17.6 Å². The summed E-state index contributed by atoms with van der Waals surface area (Å²) in [6.07, 6.45) is 0. The Kier molecular flexibility index (Phi) is 4.25. The van der Waals surface area contributed by atoms with Crippen molar-refractivity contribution in [3.63, 3.8) is 0 Å². The first-order valence-electron chi connectivity index (χ1n) is 7.48. The molecule has 1 N–H and O–H groups in total. The molecule has 0 saturated heterocycles. The Hall–Kier alpha value is -3.20. The third kappa shape index (κ3) is 3.25. The van der Waals surface area contributed by atoms with Gasteiger partial charge in [-0.15, -0.1) is 0 Å². The quantitative estimate of drug-likeness (QED) is 0.941. The van der Waals surface area contributed by atoms with Crippen molar-refractivity contribution in [2.45, 2.75) is 13.5 Å². The lowest BCUT2D eigenvalue weighted by molar-refractivity contribution is 0.174. The Bertz CT molecular complexity index is 827. The van der Waals surface area contributed by atoms with E-state index in [-0.39, 0.29) is 12.8 Å². The fourth-order valence-corrected chi connectivity index (χ4v) is 2.42. The monoisotopic (exact) mass is 323 g/mol. The Morgan fingerprint density at radius 2 is 2.04 bits per heavy atom. The predicted molar refractivity (Wildman–Crippen MR) is 88.9 cm³/mol. The molecule has 6 nitrogen and oxygen atoms in total. The first-order chi connectivity index (χ1) is 11.6. The van der Waals surface area contributed by atoms with E-state index in [2.05, 4.69) is 11.4 Å². The van der Waals surface area contributed by atoms with Crippen molar-refractivity contribution in [2.24, 2.45) is 0 Å². The topological polar surface area (TPSA) is 74.6 Å². The zero-order chi connectivity index (χ0) is 17.1. The highest BCUT2D eigenvalue weighted by atomic mass is 16.7. The molecule has 6 heteroatoms. The van der Waals surface area contributed by atoms with Crippen molar-refractivity contribution in [3.05, 3.63) is 53.1 Å². The summed E-state index contributed by atoms with van der Waals surface area (Å²) in [6, 6.07) is 12.6. The number of nitrogens with zero attached hydrogens (tertiary/aromatic N) is 2. The number of rotatable bonds is 3. The van der Waals surface area contributed by atoms with E-state index in [0.29, 0.717) is 23.5 Å². The summed E-state index contributed by atoms with van der Waals surface area (Å²) in [5, 5.41) is 11.8. The number of anilines is 1. The molecule has 0 fully saturated rings. The predicted octanol–water partition coefficient (Wildman–Crippen LogP) is 3.26. The number of benzene rings is 2. The first kappa shape index (κ1) is 15.7. The number of nitriles is 1. The van der Waals surface area contributed by atoms with Crippen LogP contribution in [-0.4, -0.2) is 24.8 Å². The van der Waals surface area contributed by atoms with Crippen LogP contribution in [0.4, 0.5) is 10.5 Å². The summed E-state index contributed by atoms with van der Waals surface area (Å²) < 4.78 is 10.6. The number of ether oxygens (including phenoxy) is 2. The lowest BCUT2D eigenvalue weighted by Gasteiger charge is -2.19. The van der Waals surface area contributed by atoms with Crippen molar-refractivity contribution >= 4 is 11.7 Å². The molecule has 0 radical (unpaired) electrons. The molecule has 1 heterocycles. The van der Waals surface area contributed by atoms with Crippen molar-refractivity contribution < 1.29 is 14.3 Å². The van der Waals surface area contributed by atoms with Gasteiger partial charge in [-0.05, 0) is 42.3 Å². The van der Waals surface area contributed by atoms with E-state index in [9.17, 15) is 4.79 Å². The summed E-state index contributed by atoms with van der Waals surface area (Å²) in [6.45, 7) is 2.54. The van der Waals surface area contributed by atoms with Crippen LogP contribution in [0.5, 0.6) is 11.5 Å². The minimum absolute atomic E-state index is 0.226. The van der Waals surface area contributed by atoms with Crippen LogP contribution in [0, 0.1) is 18.3 Å². The molecule has 2 amide bonds. The maximum absolute atomic E-state index is 12.4. The molecule has 0 saturated carbocycles. The Labute approximate surface area is 140 Å². The maximum atomic E-state index is 12.4. The molecular formula is C18H17N3O3. The van der Waals surface area contributed by atoms with Gasteiger partial charge < -0.3 is 19.7 Å². The number of nitrogens with one attached hydrogen (secondary N) is 1. The van der Waals surface area contributed by atoms with E-state index in [1.807, 2.05) is 31.2 Å². The van der Waals surface area contributed by atoms with Gasteiger partial charge in [0.25, 0.3) is 0 Å². The van der Waals surface area contributed by atoms with Crippen molar-refractivity contribution in [1.82, 2.24) is 4.90 Å². The highest BCUT2D eigenvalue weighted by Crippen LogP contribution is 2.32. The van der Waals surface area contributed by atoms with Crippen LogP contribution in [0.25, 0.3) is 0 Å². The minimum Gasteiger partial charge on any atom is -0.454 e. The molecule has 0 spiro atoms. The van der Waals surface area contributed by atoms with Gasteiger partial charge in [-0.25, -0.2) is 4.79 Å². The fraction of sp³-hybridized carbons (Fsp3) is 0.222. The van der Waals surface area contributed by atoms with E-state index in [4.69, 9.17) is 14.7 Å². The van der Waals surface area contributed by atoms with E-state index in [0.717, 1.165) is 16.9 Å². The molecule has 0 aromatic heterocycles. The van der Waals surface area contributed by atoms with Crippen LogP contribution in [0.3, 0.4) is 0 Å². The average molecular weight is 323 g/mol. The normalized spacial score (nSPS) is 11.7. The zero-order valence-electron chi connectivity index (χ0n) is 13.5. The van der Waals surface area contributed by atoms with Crippen LogP contribution in [0.1, 0.15) is 16.7 Å². The van der Waals surface area contributed by atoms with Crippen LogP contribution >= 0.6 is 0 Å². The molecule has 1 aliphatic heterocycles. The smallest absolute Gasteiger partial charge is 0.321 e. The van der Waals surface area contributed by atoms with Gasteiger partial charge in [-0.1, -0.05) is 12.1 Å². The molecule has 0 bridgehead atoms. The van der Waals surface area contributed by atoms with Gasteiger partial charge in [0.1, 0.15) is 0 Å². The SMILES string of the molecule is Cc1ccc(C#N)cc1NC(=O)N(C)Cc1ccc2c(c1)OCO2. The van der Waals surface area contributed by atoms with E-state index in [1.54, 1.807) is 24.1 Å². The third-order valence-corrected chi connectivity index (χ3v) is 3.81. The summed E-state index contributed by atoms with van der Waals surface area (Å²) >= 11 is 0. The minimum atomic E-state index is -0.245. The lowest BCUT2D eigenvalue weighted by atomic mass is 10.1. The summed E-state index contributed by atoms with van der Waals surface area (Å²) in [5.41, 5.74) is 2.99. The number of urea groups is 1. The molecule has 0 aliphatic carbocycles. The van der Waals surface area contributed by atoms with Gasteiger partial charge in [-0.3, -0.25) is 0 Å². The van der Waals surface area contributed by atoms with Crippen LogP contribution in [-0.2, 0) is 6.54 Å². The van der Waals surface area contributed by atoms with Gasteiger partial charge in [0, 0.05) is 19.3 Å². The van der Waals surface area contributed by atoms with Gasteiger partial charge in [0.15, 0.2) is 11.5 Å². The number of carbonyl (C=O) groups is 1. The molecule has 3 rings (SSSR count). The van der Waals surface area contributed by atoms with E-state index >= 15 is 0 Å². The fourth-order valence-electron chi connectivity index (χ4n) is 2.42. The number of hydrogen-bond donors (Lipinski definition) is 1. The third-order valence-electron chi connectivity index (χ3n) is 3.81. The summed E-state index contributed by atoms with van der Waals surface area (Å²) in [4.78, 5) is 13.9. The van der Waals surface area contributed by atoms with E-state index in [1.165, 1.54) is 0 Å². The molecule has 2 aromatic carbocycles. The van der Waals surface area contributed by atoms with Gasteiger partial charge in [-0.2, -0.15) is 5.26 Å². The molecule has 0 atom stereocenters.